The van der Waals surface area contributed by atoms with Crippen molar-refractivity contribution in [2.75, 3.05) is 13.7 Å². The SMILES string of the molecule is COc1ccc(COc2c(C)cccc2CCN)cc1Br. The molecule has 0 saturated heterocycles. The first-order valence-corrected chi connectivity index (χ1v) is 7.68. The smallest absolute Gasteiger partial charge is 0.133 e. The second kappa shape index (κ2) is 7.48. The van der Waals surface area contributed by atoms with Crippen LogP contribution in [-0.4, -0.2) is 13.7 Å². The van der Waals surface area contributed by atoms with Crippen molar-refractivity contribution in [3.05, 3.63) is 57.6 Å². The Hall–Kier alpha value is -1.52. The molecule has 0 saturated carbocycles. The van der Waals surface area contributed by atoms with Gasteiger partial charge in [-0.15, -0.1) is 0 Å². The van der Waals surface area contributed by atoms with Crippen LogP contribution in [0.5, 0.6) is 11.5 Å². The minimum atomic E-state index is 0.519. The van der Waals surface area contributed by atoms with E-state index in [1.165, 1.54) is 0 Å². The lowest BCUT2D eigenvalue weighted by molar-refractivity contribution is 0.300. The Kier molecular flexibility index (Phi) is 5.65. The molecule has 0 radical (unpaired) electrons. The lowest BCUT2D eigenvalue weighted by atomic mass is 10.1. The van der Waals surface area contributed by atoms with Gasteiger partial charge in [0.05, 0.1) is 11.6 Å². The minimum Gasteiger partial charge on any atom is -0.496 e. The summed E-state index contributed by atoms with van der Waals surface area (Å²) in [6.07, 6.45) is 0.823. The van der Waals surface area contributed by atoms with Gasteiger partial charge in [0.25, 0.3) is 0 Å². The normalized spacial score (nSPS) is 10.5. The lowest BCUT2D eigenvalue weighted by Crippen LogP contribution is -2.06. The molecule has 0 aliphatic carbocycles. The molecule has 0 atom stereocenters. The van der Waals surface area contributed by atoms with Crippen molar-refractivity contribution >= 4 is 15.9 Å². The number of hydrogen-bond donors (Lipinski definition) is 1. The molecule has 0 fully saturated rings. The van der Waals surface area contributed by atoms with Crippen LogP contribution in [-0.2, 0) is 13.0 Å². The summed E-state index contributed by atoms with van der Waals surface area (Å²) in [6.45, 7) is 3.19. The Balaban J connectivity index is 2.14. The molecule has 112 valence electrons. The summed E-state index contributed by atoms with van der Waals surface area (Å²) in [5, 5.41) is 0. The zero-order chi connectivity index (χ0) is 15.2. The number of nitrogens with two attached hydrogens (primary N) is 1. The number of hydrogen-bond acceptors (Lipinski definition) is 3. The van der Waals surface area contributed by atoms with Crippen molar-refractivity contribution in [3.63, 3.8) is 0 Å². The monoisotopic (exact) mass is 349 g/mol. The third-order valence-electron chi connectivity index (χ3n) is 3.31. The summed E-state index contributed by atoms with van der Waals surface area (Å²) < 4.78 is 12.2. The number of rotatable bonds is 6. The van der Waals surface area contributed by atoms with Gasteiger partial charge in [-0.3, -0.25) is 0 Å². The highest BCUT2D eigenvalue weighted by Crippen LogP contribution is 2.28. The standard InChI is InChI=1S/C17H20BrNO2/c1-12-4-3-5-14(8-9-19)17(12)21-11-13-6-7-16(20-2)15(18)10-13/h3-7,10H,8-9,11,19H2,1-2H3. The molecule has 2 N–H and O–H groups in total. The number of para-hydroxylation sites is 1. The van der Waals surface area contributed by atoms with E-state index in [0.29, 0.717) is 13.2 Å². The van der Waals surface area contributed by atoms with Gasteiger partial charge in [-0.05, 0) is 64.6 Å². The average Bonchev–Trinajstić information content (AvgIpc) is 2.47. The van der Waals surface area contributed by atoms with Crippen molar-refractivity contribution < 1.29 is 9.47 Å². The van der Waals surface area contributed by atoms with Gasteiger partial charge in [-0.2, -0.15) is 0 Å². The predicted molar refractivity (Wildman–Crippen MR) is 89.0 cm³/mol. The molecule has 0 unspecified atom stereocenters. The summed E-state index contributed by atoms with van der Waals surface area (Å²) >= 11 is 3.49. The van der Waals surface area contributed by atoms with Crippen LogP contribution in [0.15, 0.2) is 40.9 Å². The van der Waals surface area contributed by atoms with Gasteiger partial charge in [0.1, 0.15) is 18.1 Å². The number of ether oxygens (including phenoxy) is 2. The molecule has 2 aromatic rings. The van der Waals surface area contributed by atoms with Crippen LogP contribution in [0.4, 0.5) is 0 Å². The van der Waals surface area contributed by atoms with Crippen molar-refractivity contribution in [2.24, 2.45) is 5.73 Å². The third kappa shape index (κ3) is 3.99. The maximum absolute atomic E-state index is 6.02. The van der Waals surface area contributed by atoms with E-state index in [2.05, 4.69) is 35.0 Å². The van der Waals surface area contributed by atoms with E-state index in [4.69, 9.17) is 15.2 Å². The second-order valence-corrected chi connectivity index (χ2v) is 5.71. The molecule has 0 bridgehead atoms. The van der Waals surface area contributed by atoms with Gasteiger partial charge in [0, 0.05) is 0 Å². The van der Waals surface area contributed by atoms with E-state index in [9.17, 15) is 0 Å². The lowest BCUT2D eigenvalue weighted by Gasteiger charge is -2.14. The number of aryl methyl sites for hydroxylation is 1. The summed E-state index contributed by atoms with van der Waals surface area (Å²) in [5.41, 5.74) is 9.04. The van der Waals surface area contributed by atoms with Crippen LogP contribution in [0, 0.1) is 6.92 Å². The number of benzene rings is 2. The summed E-state index contributed by atoms with van der Waals surface area (Å²) in [5.74, 6) is 1.76. The highest BCUT2D eigenvalue weighted by Gasteiger charge is 2.08. The molecule has 0 aromatic heterocycles. The van der Waals surface area contributed by atoms with Gasteiger partial charge in [0.15, 0.2) is 0 Å². The van der Waals surface area contributed by atoms with Gasteiger partial charge in [-0.25, -0.2) is 0 Å². The molecule has 2 aromatic carbocycles. The topological polar surface area (TPSA) is 44.5 Å². The molecule has 0 aliphatic rings. The van der Waals surface area contributed by atoms with Gasteiger partial charge < -0.3 is 15.2 Å². The van der Waals surface area contributed by atoms with E-state index in [1.54, 1.807) is 7.11 Å². The molecule has 0 aliphatic heterocycles. The third-order valence-corrected chi connectivity index (χ3v) is 3.93. The van der Waals surface area contributed by atoms with Gasteiger partial charge in [0.2, 0.25) is 0 Å². The van der Waals surface area contributed by atoms with Gasteiger partial charge in [-0.1, -0.05) is 24.3 Å². The second-order valence-electron chi connectivity index (χ2n) is 4.86. The zero-order valence-corrected chi connectivity index (χ0v) is 13.9. The summed E-state index contributed by atoms with van der Waals surface area (Å²) in [4.78, 5) is 0. The van der Waals surface area contributed by atoms with Crippen LogP contribution in [0.1, 0.15) is 16.7 Å². The van der Waals surface area contributed by atoms with E-state index in [1.807, 2.05) is 24.3 Å². The van der Waals surface area contributed by atoms with E-state index >= 15 is 0 Å². The fourth-order valence-electron chi connectivity index (χ4n) is 2.23. The Bertz CT molecular complexity index is 614. The molecule has 0 heterocycles. The molecular weight excluding hydrogens is 330 g/mol. The quantitative estimate of drug-likeness (QED) is 0.861. The van der Waals surface area contributed by atoms with Crippen LogP contribution in [0.25, 0.3) is 0 Å². The number of halogens is 1. The largest absolute Gasteiger partial charge is 0.496 e. The molecular formula is C17H20BrNO2. The summed E-state index contributed by atoms with van der Waals surface area (Å²) in [6, 6.07) is 12.1. The Morgan fingerprint density at radius 3 is 2.67 bits per heavy atom. The molecule has 2 rings (SSSR count). The maximum Gasteiger partial charge on any atom is 0.133 e. The molecule has 21 heavy (non-hydrogen) atoms. The minimum absolute atomic E-state index is 0.519. The first-order chi connectivity index (χ1) is 10.2. The first-order valence-electron chi connectivity index (χ1n) is 6.89. The van der Waals surface area contributed by atoms with E-state index in [-0.39, 0.29) is 0 Å². The van der Waals surface area contributed by atoms with Crippen LogP contribution >= 0.6 is 15.9 Å². The predicted octanol–water partition coefficient (Wildman–Crippen LogP) is 3.85. The Labute approximate surface area is 134 Å². The highest BCUT2D eigenvalue weighted by molar-refractivity contribution is 9.10. The number of methoxy groups -OCH3 is 1. The first kappa shape index (κ1) is 15.9. The van der Waals surface area contributed by atoms with Gasteiger partial charge >= 0.3 is 0 Å². The van der Waals surface area contributed by atoms with Crippen LogP contribution in [0.3, 0.4) is 0 Å². The van der Waals surface area contributed by atoms with Crippen molar-refractivity contribution in [2.45, 2.75) is 20.0 Å². The van der Waals surface area contributed by atoms with E-state index in [0.717, 1.165) is 39.1 Å². The van der Waals surface area contributed by atoms with Crippen molar-refractivity contribution in [1.82, 2.24) is 0 Å². The molecule has 0 spiro atoms. The fraction of sp³-hybridized carbons (Fsp3) is 0.294. The molecule has 0 amide bonds. The van der Waals surface area contributed by atoms with Crippen LogP contribution in [0.2, 0.25) is 0 Å². The molecule has 4 heteroatoms. The Morgan fingerprint density at radius 2 is 2.00 bits per heavy atom. The van der Waals surface area contributed by atoms with Crippen molar-refractivity contribution in [3.8, 4) is 11.5 Å². The van der Waals surface area contributed by atoms with E-state index < -0.39 is 0 Å². The zero-order valence-electron chi connectivity index (χ0n) is 12.4. The fourth-order valence-corrected chi connectivity index (χ4v) is 2.82. The average molecular weight is 350 g/mol. The molecule has 3 nitrogen and oxygen atoms in total. The maximum atomic E-state index is 6.02. The van der Waals surface area contributed by atoms with Crippen LogP contribution < -0.4 is 15.2 Å². The summed E-state index contributed by atoms with van der Waals surface area (Å²) in [7, 11) is 1.66. The van der Waals surface area contributed by atoms with Crippen molar-refractivity contribution in [1.29, 1.82) is 0 Å². The highest BCUT2D eigenvalue weighted by atomic mass is 79.9. The Morgan fingerprint density at radius 1 is 1.19 bits per heavy atom.